The Kier molecular flexibility index (Phi) is 3.60. The molecular formula is C14H15FN2O4. The molecule has 112 valence electrons. The average molecular weight is 294 g/mol. The molecule has 0 aliphatic carbocycles. The fourth-order valence-corrected chi connectivity index (χ4v) is 2.42. The van der Waals surface area contributed by atoms with Crippen molar-refractivity contribution in [1.29, 1.82) is 0 Å². The van der Waals surface area contributed by atoms with Gasteiger partial charge in [-0.2, -0.15) is 4.98 Å². The van der Waals surface area contributed by atoms with Gasteiger partial charge in [0.1, 0.15) is 17.2 Å². The van der Waals surface area contributed by atoms with Crippen molar-refractivity contribution in [3.63, 3.8) is 0 Å². The molecular weight excluding hydrogens is 279 g/mol. The van der Waals surface area contributed by atoms with Gasteiger partial charge in [0.15, 0.2) is 0 Å². The molecule has 0 bridgehead atoms. The SMILES string of the molecule is COC1(c2noc(-c3ccc(F)cc3O)n2)CCOCC1. The second-order valence-electron chi connectivity index (χ2n) is 4.90. The van der Waals surface area contributed by atoms with E-state index in [1.807, 2.05) is 0 Å². The third kappa shape index (κ3) is 2.50. The van der Waals surface area contributed by atoms with Crippen LogP contribution in [-0.2, 0) is 15.1 Å². The summed E-state index contributed by atoms with van der Waals surface area (Å²) < 4.78 is 29.1. The molecule has 0 radical (unpaired) electrons. The van der Waals surface area contributed by atoms with Crippen LogP contribution < -0.4 is 0 Å². The highest BCUT2D eigenvalue weighted by Gasteiger charge is 2.39. The summed E-state index contributed by atoms with van der Waals surface area (Å²) in [6.45, 7) is 1.11. The first-order valence-corrected chi connectivity index (χ1v) is 6.60. The number of halogens is 1. The standard InChI is InChI=1S/C14H15FN2O4/c1-19-14(4-6-20-7-5-14)13-16-12(21-17-13)10-3-2-9(15)8-11(10)18/h2-3,8,18H,4-7H2,1H3. The summed E-state index contributed by atoms with van der Waals surface area (Å²) in [5.41, 5.74) is -0.358. The van der Waals surface area contributed by atoms with Crippen LogP contribution in [0.5, 0.6) is 5.75 Å². The van der Waals surface area contributed by atoms with Crippen LogP contribution in [0.2, 0.25) is 0 Å². The maximum atomic E-state index is 13.0. The molecule has 0 amide bonds. The van der Waals surface area contributed by atoms with Gasteiger partial charge >= 0.3 is 0 Å². The van der Waals surface area contributed by atoms with Crippen molar-refractivity contribution < 1.29 is 23.5 Å². The van der Waals surface area contributed by atoms with Crippen LogP contribution in [0, 0.1) is 5.82 Å². The maximum Gasteiger partial charge on any atom is 0.261 e. The number of nitrogens with zero attached hydrogens (tertiary/aromatic N) is 2. The van der Waals surface area contributed by atoms with E-state index in [9.17, 15) is 9.50 Å². The van der Waals surface area contributed by atoms with Crippen LogP contribution in [-0.4, -0.2) is 35.6 Å². The lowest BCUT2D eigenvalue weighted by atomic mass is 9.93. The van der Waals surface area contributed by atoms with E-state index in [0.29, 0.717) is 31.9 Å². The van der Waals surface area contributed by atoms with E-state index in [4.69, 9.17) is 14.0 Å². The molecule has 0 saturated carbocycles. The Morgan fingerprint density at radius 2 is 2.10 bits per heavy atom. The Hall–Kier alpha value is -1.99. The molecule has 1 aromatic carbocycles. The van der Waals surface area contributed by atoms with Crippen LogP contribution >= 0.6 is 0 Å². The molecule has 3 rings (SSSR count). The van der Waals surface area contributed by atoms with E-state index in [1.54, 1.807) is 7.11 Å². The van der Waals surface area contributed by atoms with Crippen molar-refractivity contribution in [2.45, 2.75) is 18.4 Å². The maximum absolute atomic E-state index is 13.0. The van der Waals surface area contributed by atoms with E-state index in [-0.39, 0.29) is 17.2 Å². The first-order valence-electron chi connectivity index (χ1n) is 6.60. The number of methoxy groups -OCH3 is 1. The number of benzene rings is 1. The Balaban J connectivity index is 1.95. The van der Waals surface area contributed by atoms with Gasteiger partial charge < -0.3 is 19.1 Å². The number of aromatic hydroxyl groups is 1. The topological polar surface area (TPSA) is 77.6 Å². The van der Waals surface area contributed by atoms with Gasteiger partial charge in [0, 0.05) is 39.2 Å². The highest BCUT2D eigenvalue weighted by molar-refractivity contribution is 5.61. The zero-order chi connectivity index (χ0) is 14.9. The Morgan fingerprint density at radius 3 is 2.76 bits per heavy atom. The summed E-state index contributed by atoms with van der Waals surface area (Å²) in [4.78, 5) is 4.30. The molecule has 2 heterocycles. The van der Waals surface area contributed by atoms with Crippen molar-refractivity contribution in [2.75, 3.05) is 20.3 Å². The number of phenols is 1. The van der Waals surface area contributed by atoms with Gasteiger partial charge in [-0.1, -0.05) is 5.16 Å². The molecule has 0 atom stereocenters. The predicted molar refractivity (Wildman–Crippen MR) is 70.1 cm³/mol. The molecule has 2 aromatic rings. The van der Waals surface area contributed by atoms with Gasteiger partial charge in [-0.15, -0.1) is 0 Å². The summed E-state index contributed by atoms with van der Waals surface area (Å²) in [6, 6.07) is 3.62. The summed E-state index contributed by atoms with van der Waals surface area (Å²) in [7, 11) is 1.59. The quantitative estimate of drug-likeness (QED) is 0.935. The van der Waals surface area contributed by atoms with Gasteiger partial charge in [-0.3, -0.25) is 0 Å². The number of aromatic nitrogens is 2. The summed E-state index contributed by atoms with van der Waals surface area (Å²) in [6.07, 6.45) is 1.25. The number of hydrogen-bond donors (Lipinski definition) is 1. The van der Waals surface area contributed by atoms with Gasteiger partial charge in [0.25, 0.3) is 5.89 Å². The first kappa shape index (κ1) is 14.0. The van der Waals surface area contributed by atoms with Crippen LogP contribution in [0.4, 0.5) is 4.39 Å². The number of hydrogen-bond acceptors (Lipinski definition) is 6. The molecule has 0 unspecified atom stereocenters. The van der Waals surface area contributed by atoms with Crippen LogP contribution in [0.25, 0.3) is 11.5 Å². The molecule has 6 nitrogen and oxygen atoms in total. The molecule has 1 fully saturated rings. The molecule has 1 saturated heterocycles. The van der Waals surface area contributed by atoms with Gasteiger partial charge in [0.05, 0.1) is 5.56 Å². The first-order chi connectivity index (χ1) is 10.1. The second kappa shape index (κ2) is 5.42. The lowest BCUT2D eigenvalue weighted by molar-refractivity contribution is -0.101. The van der Waals surface area contributed by atoms with E-state index in [0.717, 1.165) is 6.07 Å². The van der Waals surface area contributed by atoms with Crippen LogP contribution in [0.15, 0.2) is 22.7 Å². The van der Waals surface area contributed by atoms with Crippen LogP contribution in [0.1, 0.15) is 18.7 Å². The minimum atomic E-state index is -0.643. The van der Waals surface area contributed by atoms with E-state index in [1.165, 1.54) is 12.1 Å². The molecule has 7 heteroatoms. The molecule has 1 aliphatic rings. The number of ether oxygens (including phenoxy) is 2. The second-order valence-corrected chi connectivity index (χ2v) is 4.90. The van der Waals surface area contributed by atoms with Gasteiger partial charge in [0.2, 0.25) is 5.82 Å². The third-order valence-electron chi connectivity index (χ3n) is 3.71. The number of phenolic OH excluding ortho intramolecular Hbond substituents is 1. The monoisotopic (exact) mass is 294 g/mol. The predicted octanol–water partition coefficient (Wildman–Crippen LogP) is 2.23. The van der Waals surface area contributed by atoms with Gasteiger partial charge in [-0.05, 0) is 12.1 Å². The Morgan fingerprint density at radius 1 is 1.33 bits per heavy atom. The highest BCUT2D eigenvalue weighted by atomic mass is 19.1. The zero-order valence-electron chi connectivity index (χ0n) is 11.5. The highest BCUT2D eigenvalue weighted by Crippen LogP contribution is 2.36. The van der Waals surface area contributed by atoms with Crippen molar-refractivity contribution in [1.82, 2.24) is 10.1 Å². The van der Waals surface area contributed by atoms with E-state index in [2.05, 4.69) is 10.1 Å². The molecule has 1 N–H and O–H groups in total. The third-order valence-corrected chi connectivity index (χ3v) is 3.71. The fourth-order valence-electron chi connectivity index (χ4n) is 2.42. The smallest absolute Gasteiger partial charge is 0.261 e. The molecule has 21 heavy (non-hydrogen) atoms. The van der Waals surface area contributed by atoms with Gasteiger partial charge in [-0.25, -0.2) is 4.39 Å². The van der Waals surface area contributed by atoms with Crippen molar-refractivity contribution >= 4 is 0 Å². The summed E-state index contributed by atoms with van der Waals surface area (Å²) >= 11 is 0. The molecule has 1 aromatic heterocycles. The normalized spacial score (nSPS) is 17.8. The Bertz CT molecular complexity index is 638. The summed E-state index contributed by atoms with van der Waals surface area (Å²) in [5, 5.41) is 13.7. The van der Waals surface area contributed by atoms with E-state index >= 15 is 0 Å². The lowest BCUT2D eigenvalue weighted by Crippen LogP contribution is -2.36. The summed E-state index contributed by atoms with van der Waals surface area (Å²) in [5.74, 6) is -0.241. The minimum absolute atomic E-state index is 0.130. The van der Waals surface area contributed by atoms with E-state index < -0.39 is 11.4 Å². The van der Waals surface area contributed by atoms with Crippen LogP contribution in [0.3, 0.4) is 0 Å². The number of rotatable bonds is 3. The fraction of sp³-hybridized carbons (Fsp3) is 0.429. The zero-order valence-corrected chi connectivity index (χ0v) is 11.5. The van der Waals surface area contributed by atoms with Crippen molar-refractivity contribution in [3.05, 3.63) is 29.8 Å². The lowest BCUT2D eigenvalue weighted by Gasteiger charge is -2.32. The van der Waals surface area contributed by atoms with Crippen molar-refractivity contribution in [3.8, 4) is 17.2 Å². The Labute approximate surface area is 120 Å². The minimum Gasteiger partial charge on any atom is -0.507 e. The largest absolute Gasteiger partial charge is 0.507 e. The molecule has 1 aliphatic heterocycles. The molecule has 0 spiro atoms. The van der Waals surface area contributed by atoms with Crippen molar-refractivity contribution in [2.24, 2.45) is 0 Å². The average Bonchev–Trinajstić information content (AvgIpc) is 2.98.